The van der Waals surface area contributed by atoms with E-state index >= 15 is 0 Å². The molecule has 4 aromatic rings. The second-order valence-electron chi connectivity index (χ2n) is 11.3. The second kappa shape index (κ2) is 12.6. The van der Waals surface area contributed by atoms with Gasteiger partial charge in [-0.1, -0.05) is 85.4 Å². The fraction of sp³-hybridized carbons (Fsp3) is 0.265. The SMILES string of the molecule is Cc1c(Cl)ccc2c(C(=O)OC(C)C(=O)c3cccc(Cl)c3)cc(-c3ccc(N4C(=O)C5CC(Br)C(Br)CC5C4=O)cc3)nc12. The molecule has 5 atom stereocenters. The summed E-state index contributed by atoms with van der Waals surface area (Å²) in [5, 5.41) is 1.41. The van der Waals surface area contributed by atoms with Crippen molar-refractivity contribution in [3.05, 3.63) is 93.5 Å². The zero-order valence-electron chi connectivity index (χ0n) is 24.1. The molecule has 7 nitrogen and oxygen atoms in total. The van der Waals surface area contributed by atoms with Gasteiger partial charge in [-0.15, -0.1) is 0 Å². The number of nitrogens with zero attached hydrogens (tertiary/aromatic N) is 2. The Morgan fingerprint density at radius 3 is 2.20 bits per heavy atom. The van der Waals surface area contributed by atoms with Crippen LogP contribution in [0.3, 0.4) is 0 Å². The van der Waals surface area contributed by atoms with Gasteiger partial charge in [0.05, 0.1) is 34.3 Å². The third kappa shape index (κ3) is 5.96. The van der Waals surface area contributed by atoms with Crippen LogP contribution in [0.15, 0.2) is 66.7 Å². The van der Waals surface area contributed by atoms with Gasteiger partial charge in [0, 0.05) is 36.2 Å². The fourth-order valence-corrected chi connectivity index (χ4v) is 7.59. The monoisotopic (exact) mass is 770 g/mol. The highest BCUT2D eigenvalue weighted by atomic mass is 79.9. The van der Waals surface area contributed by atoms with Gasteiger partial charge in [-0.05, 0) is 68.7 Å². The number of anilines is 1. The number of benzene rings is 3. The van der Waals surface area contributed by atoms with E-state index in [0.29, 0.717) is 61.9 Å². The molecule has 6 rings (SSSR count). The number of carbonyl (C=O) groups excluding carboxylic acids is 4. The van der Waals surface area contributed by atoms with Crippen LogP contribution in [0.4, 0.5) is 5.69 Å². The Morgan fingerprint density at radius 1 is 0.933 bits per heavy atom. The number of hydrogen-bond acceptors (Lipinski definition) is 6. The molecular weight excluding hydrogens is 747 g/mol. The van der Waals surface area contributed by atoms with E-state index in [4.69, 9.17) is 32.9 Å². The smallest absolute Gasteiger partial charge is 0.339 e. The minimum atomic E-state index is -1.07. The van der Waals surface area contributed by atoms with Crippen molar-refractivity contribution in [3.8, 4) is 11.3 Å². The van der Waals surface area contributed by atoms with Crippen molar-refractivity contribution < 1.29 is 23.9 Å². The quantitative estimate of drug-likeness (QED) is 0.0847. The third-order valence-electron chi connectivity index (χ3n) is 8.48. The van der Waals surface area contributed by atoms with Crippen molar-refractivity contribution in [2.24, 2.45) is 11.8 Å². The van der Waals surface area contributed by atoms with E-state index in [1.807, 2.05) is 6.92 Å². The van der Waals surface area contributed by atoms with Gasteiger partial charge in [-0.3, -0.25) is 19.3 Å². The maximum atomic E-state index is 13.6. The number of hydrogen-bond donors (Lipinski definition) is 0. The maximum absolute atomic E-state index is 13.6. The molecule has 0 N–H and O–H groups in total. The summed E-state index contributed by atoms with van der Waals surface area (Å²) in [5.74, 6) is -2.18. The van der Waals surface area contributed by atoms with E-state index in [1.165, 1.54) is 17.9 Å². The molecule has 2 aliphatic rings. The maximum Gasteiger partial charge on any atom is 0.339 e. The zero-order chi connectivity index (χ0) is 32.2. The molecule has 1 aliphatic carbocycles. The van der Waals surface area contributed by atoms with Crippen LogP contribution in [0.5, 0.6) is 0 Å². The van der Waals surface area contributed by atoms with E-state index in [2.05, 4.69) is 31.9 Å². The minimum absolute atomic E-state index is 0.118. The standard InChI is InChI=1S/C34H26Br2Cl2N2O5/c1-16-28(38)11-10-22-25(34(44)45-17(2)31(41)19-4-3-5-20(37)12-19)15-29(39-30(16)22)18-6-8-21(9-7-18)40-32(42)23-13-26(35)27(36)14-24(23)33(40)43/h3-12,15,17,23-24,26-27H,13-14H2,1-2H3. The van der Waals surface area contributed by atoms with Crippen molar-refractivity contribution in [1.82, 2.24) is 4.98 Å². The lowest BCUT2D eigenvalue weighted by molar-refractivity contribution is -0.122. The van der Waals surface area contributed by atoms with E-state index in [0.717, 1.165) is 0 Å². The minimum Gasteiger partial charge on any atom is -0.451 e. The molecule has 230 valence electrons. The van der Waals surface area contributed by atoms with Crippen LogP contribution in [-0.2, 0) is 14.3 Å². The molecule has 1 saturated carbocycles. The molecule has 1 aromatic heterocycles. The summed E-state index contributed by atoms with van der Waals surface area (Å²) in [6.07, 6.45) is 0.101. The van der Waals surface area contributed by atoms with Crippen LogP contribution in [0.2, 0.25) is 10.0 Å². The lowest BCUT2D eigenvalue weighted by Crippen LogP contribution is -2.34. The Bertz CT molecular complexity index is 1850. The number of aryl methyl sites for hydroxylation is 1. The highest BCUT2D eigenvalue weighted by molar-refractivity contribution is 9.12. The number of imide groups is 1. The number of esters is 1. The molecule has 5 unspecified atom stereocenters. The molecule has 2 fully saturated rings. The zero-order valence-corrected chi connectivity index (χ0v) is 28.8. The van der Waals surface area contributed by atoms with Crippen molar-refractivity contribution >= 4 is 95.2 Å². The molecule has 0 spiro atoms. The number of fused-ring (bicyclic) bond motifs is 2. The van der Waals surface area contributed by atoms with E-state index in [1.54, 1.807) is 60.7 Å². The first kappa shape index (κ1) is 31.9. The molecule has 2 heterocycles. The summed E-state index contributed by atoms with van der Waals surface area (Å²) in [4.78, 5) is 59.5. The van der Waals surface area contributed by atoms with Crippen molar-refractivity contribution in [2.75, 3.05) is 4.90 Å². The molecule has 2 amide bonds. The average Bonchev–Trinajstić information content (AvgIpc) is 3.26. The molecule has 0 bridgehead atoms. The number of amides is 2. The lowest BCUT2D eigenvalue weighted by Gasteiger charge is -2.29. The summed E-state index contributed by atoms with van der Waals surface area (Å²) >= 11 is 19.7. The number of ether oxygens (including phenoxy) is 1. The number of carbonyl (C=O) groups is 4. The Balaban J connectivity index is 1.32. The number of rotatable bonds is 6. The second-order valence-corrected chi connectivity index (χ2v) is 14.5. The number of pyridine rings is 1. The van der Waals surface area contributed by atoms with Gasteiger partial charge >= 0.3 is 5.97 Å². The first-order valence-electron chi connectivity index (χ1n) is 14.3. The van der Waals surface area contributed by atoms with E-state index < -0.39 is 12.1 Å². The predicted molar refractivity (Wildman–Crippen MR) is 182 cm³/mol. The molecule has 45 heavy (non-hydrogen) atoms. The molecule has 1 aliphatic heterocycles. The summed E-state index contributed by atoms with van der Waals surface area (Å²) in [7, 11) is 0. The van der Waals surface area contributed by atoms with E-state index in [9.17, 15) is 19.2 Å². The van der Waals surface area contributed by atoms with Crippen LogP contribution in [-0.4, -0.2) is 44.3 Å². The van der Waals surface area contributed by atoms with Gasteiger partial charge in [0.1, 0.15) is 0 Å². The van der Waals surface area contributed by atoms with Gasteiger partial charge in [-0.2, -0.15) is 0 Å². The predicted octanol–water partition coefficient (Wildman–Crippen LogP) is 8.37. The Hall–Kier alpha value is -3.11. The fourth-order valence-electron chi connectivity index (χ4n) is 6.01. The number of halogens is 4. The highest BCUT2D eigenvalue weighted by Gasteiger charge is 2.52. The lowest BCUT2D eigenvalue weighted by atomic mass is 9.81. The topological polar surface area (TPSA) is 93.6 Å². The summed E-state index contributed by atoms with van der Waals surface area (Å²) < 4.78 is 5.65. The van der Waals surface area contributed by atoms with Gasteiger partial charge in [0.25, 0.3) is 0 Å². The first-order chi connectivity index (χ1) is 21.4. The van der Waals surface area contributed by atoms with Crippen molar-refractivity contribution in [2.45, 2.75) is 42.4 Å². The van der Waals surface area contributed by atoms with Crippen LogP contribution >= 0.6 is 55.1 Å². The summed E-state index contributed by atoms with van der Waals surface area (Å²) in [5.41, 5.74) is 3.31. The summed E-state index contributed by atoms with van der Waals surface area (Å²) in [6, 6.07) is 18.4. The summed E-state index contributed by atoms with van der Waals surface area (Å²) in [6.45, 7) is 3.32. The number of aromatic nitrogens is 1. The van der Waals surface area contributed by atoms with Gasteiger partial charge in [-0.25, -0.2) is 9.78 Å². The largest absolute Gasteiger partial charge is 0.451 e. The molecule has 0 radical (unpaired) electrons. The highest BCUT2D eigenvalue weighted by Crippen LogP contribution is 2.44. The van der Waals surface area contributed by atoms with Crippen molar-refractivity contribution in [1.29, 1.82) is 0 Å². The average molecular weight is 773 g/mol. The van der Waals surface area contributed by atoms with Crippen LogP contribution in [0.1, 0.15) is 46.0 Å². The van der Waals surface area contributed by atoms with Crippen LogP contribution in [0.25, 0.3) is 22.2 Å². The Kier molecular flexibility index (Phi) is 8.91. The Morgan fingerprint density at radius 2 is 1.58 bits per heavy atom. The molecular formula is C34H26Br2Cl2N2O5. The van der Waals surface area contributed by atoms with Crippen LogP contribution < -0.4 is 4.90 Å². The Labute approximate surface area is 286 Å². The third-order valence-corrected chi connectivity index (χ3v) is 11.9. The molecule has 3 aromatic carbocycles. The van der Waals surface area contributed by atoms with Gasteiger partial charge in [0.15, 0.2) is 6.10 Å². The normalized spacial score (nSPS) is 22.0. The first-order valence-corrected chi connectivity index (χ1v) is 16.9. The van der Waals surface area contributed by atoms with Gasteiger partial charge < -0.3 is 4.74 Å². The van der Waals surface area contributed by atoms with E-state index in [-0.39, 0.29) is 44.7 Å². The van der Waals surface area contributed by atoms with Crippen LogP contribution in [0, 0.1) is 18.8 Å². The van der Waals surface area contributed by atoms with Crippen molar-refractivity contribution in [3.63, 3.8) is 0 Å². The number of alkyl halides is 2. The van der Waals surface area contributed by atoms with Gasteiger partial charge in [0.2, 0.25) is 17.6 Å². The number of ketones is 1. The number of Topliss-reactive ketones (excluding diaryl/α,β-unsaturated/α-hetero) is 1. The molecule has 11 heteroatoms. The molecule has 1 saturated heterocycles.